The van der Waals surface area contributed by atoms with Gasteiger partial charge in [0.2, 0.25) is 0 Å². The van der Waals surface area contributed by atoms with Crippen LogP contribution in [-0.4, -0.2) is 33.6 Å². The van der Waals surface area contributed by atoms with Gasteiger partial charge in [0.15, 0.2) is 0 Å². The van der Waals surface area contributed by atoms with Crippen molar-refractivity contribution in [3.8, 4) is 0 Å². The van der Waals surface area contributed by atoms with Crippen LogP contribution < -0.4 is 4.66 Å². The molecular formula is C10H19AgClN2O4-. The molecule has 1 saturated heterocycles. The molecule has 0 aliphatic carbocycles. The van der Waals surface area contributed by atoms with Crippen LogP contribution in [0.15, 0.2) is 24.4 Å². The van der Waals surface area contributed by atoms with Crippen molar-refractivity contribution in [3.05, 3.63) is 35.1 Å². The van der Waals surface area contributed by atoms with E-state index in [0.717, 1.165) is 19.6 Å². The molecule has 0 radical (unpaired) electrons. The number of rotatable bonds is 0. The molecule has 0 atom stereocenters. The third-order valence-electron chi connectivity index (χ3n) is 1.78. The SMILES string of the molecule is C1=CC[N-]C=C1.C1CC[N-]CC1.[Ag+].[O-][Cl+](O)(O)O. The van der Waals surface area contributed by atoms with Gasteiger partial charge in [-0.2, -0.15) is 6.20 Å². The summed E-state index contributed by atoms with van der Waals surface area (Å²) in [6.45, 7) is 3.11. The Labute approximate surface area is 125 Å². The molecule has 112 valence electrons. The minimum absolute atomic E-state index is 0. The van der Waals surface area contributed by atoms with Gasteiger partial charge < -0.3 is 10.6 Å². The van der Waals surface area contributed by atoms with Crippen LogP contribution in [-0.2, 0) is 22.4 Å². The molecule has 8 heteroatoms. The topological polar surface area (TPSA) is 112 Å². The van der Waals surface area contributed by atoms with Gasteiger partial charge in [-0.15, -0.1) is 25.7 Å². The Kier molecular flexibility index (Phi) is 15.4. The van der Waals surface area contributed by atoms with Gasteiger partial charge in [-0.05, 0) is 0 Å². The van der Waals surface area contributed by atoms with Crippen molar-refractivity contribution >= 4 is 0 Å². The average Bonchev–Trinajstić information content (AvgIpc) is 2.32. The number of allylic oxidation sites excluding steroid dienone is 2. The zero-order valence-electron chi connectivity index (χ0n) is 9.88. The van der Waals surface area contributed by atoms with E-state index >= 15 is 0 Å². The Morgan fingerprint density at radius 1 is 1.00 bits per heavy atom. The fourth-order valence-corrected chi connectivity index (χ4v) is 1.11. The number of hydrogen-bond donors (Lipinski definition) is 3. The molecule has 0 spiro atoms. The standard InChI is InChI=1S/C5H10N.C5H6N.Ag.ClH3O4/c2*1-2-4-6-5-3-1;;2-1(3,4)5/h1-5H2;1-4H,5H2;;2-4H/q2*-1;+1;. The maximum absolute atomic E-state index is 8.83. The first-order valence-corrected chi connectivity index (χ1v) is 6.60. The number of halogens is 1. The van der Waals surface area contributed by atoms with E-state index < -0.39 is 10.2 Å². The first-order valence-electron chi connectivity index (χ1n) is 5.28. The van der Waals surface area contributed by atoms with Gasteiger partial charge in [-0.1, -0.05) is 31.4 Å². The Balaban J connectivity index is 0. The molecule has 2 heterocycles. The summed E-state index contributed by atoms with van der Waals surface area (Å²) in [5.41, 5.74) is 0. The van der Waals surface area contributed by atoms with E-state index in [0.29, 0.717) is 0 Å². The molecular weight excluding hydrogens is 355 g/mol. The van der Waals surface area contributed by atoms with Crippen molar-refractivity contribution in [3.63, 3.8) is 0 Å². The molecule has 0 aromatic rings. The van der Waals surface area contributed by atoms with Crippen molar-refractivity contribution in [2.45, 2.75) is 19.3 Å². The number of hydrogen-bond acceptors (Lipinski definition) is 4. The molecule has 1 fully saturated rings. The molecule has 0 aromatic carbocycles. The van der Waals surface area contributed by atoms with E-state index in [4.69, 9.17) is 18.6 Å². The van der Waals surface area contributed by atoms with Crippen molar-refractivity contribution in [2.75, 3.05) is 19.6 Å². The molecule has 3 N–H and O–H groups in total. The van der Waals surface area contributed by atoms with Crippen LogP contribution in [0.4, 0.5) is 0 Å². The van der Waals surface area contributed by atoms with Crippen molar-refractivity contribution in [1.82, 2.24) is 0 Å². The Morgan fingerprint density at radius 3 is 1.67 bits per heavy atom. The molecule has 2 aliphatic heterocycles. The summed E-state index contributed by atoms with van der Waals surface area (Å²) < 4.78 is 30.2. The normalized spacial score (nSPS) is 18.0. The molecule has 6 nitrogen and oxygen atoms in total. The molecule has 18 heavy (non-hydrogen) atoms. The second-order valence-corrected chi connectivity index (χ2v) is 4.17. The van der Waals surface area contributed by atoms with Crippen molar-refractivity contribution < 1.29 is 51.3 Å². The fraction of sp³-hybridized carbons (Fsp3) is 0.600. The molecule has 2 rings (SSSR count). The van der Waals surface area contributed by atoms with Crippen LogP contribution in [0.25, 0.3) is 10.6 Å². The zero-order valence-corrected chi connectivity index (χ0v) is 12.1. The molecule has 0 bridgehead atoms. The van der Waals surface area contributed by atoms with Crippen LogP contribution in [0, 0.1) is 10.2 Å². The monoisotopic (exact) mass is 373 g/mol. The number of piperidine rings is 1. The summed E-state index contributed by atoms with van der Waals surface area (Å²) in [6.07, 6.45) is 11.8. The van der Waals surface area contributed by atoms with Gasteiger partial charge in [0.25, 0.3) is 0 Å². The van der Waals surface area contributed by atoms with Crippen LogP contribution in [0.3, 0.4) is 0 Å². The fourth-order valence-electron chi connectivity index (χ4n) is 1.11. The van der Waals surface area contributed by atoms with Gasteiger partial charge in [0.05, 0.1) is 0 Å². The van der Waals surface area contributed by atoms with Gasteiger partial charge in [0.1, 0.15) is 0 Å². The van der Waals surface area contributed by atoms with Gasteiger partial charge in [-0.25, -0.2) is 0 Å². The quantitative estimate of drug-likeness (QED) is 0.523. The third-order valence-corrected chi connectivity index (χ3v) is 1.78. The molecule has 0 saturated carbocycles. The van der Waals surface area contributed by atoms with E-state index in [1.165, 1.54) is 19.3 Å². The summed E-state index contributed by atoms with van der Waals surface area (Å²) in [6, 6.07) is 0. The Hall–Kier alpha value is 0.110. The number of nitrogens with zero attached hydrogens (tertiary/aromatic N) is 2. The van der Waals surface area contributed by atoms with Gasteiger partial charge in [-0.3, -0.25) is 0 Å². The molecule has 0 unspecified atom stereocenters. The first-order chi connectivity index (χ1) is 8.00. The molecule has 0 amide bonds. The summed E-state index contributed by atoms with van der Waals surface area (Å²) in [5, 5.41) is 8.09. The van der Waals surface area contributed by atoms with Gasteiger partial charge >= 0.3 is 51.3 Å². The van der Waals surface area contributed by atoms with E-state index in [-0.39, 0.29) is 22.4 Å². The Morgan fingerprint density at radius 2 is 1.56 bits per heavy atom. The maximum atomic E-state index is 8.83. The summed E-state index contributed by atoms with van der Waals surface area (Å²) in [7, 11) is -4.19. The van der Waals surface area contributed by atoms with E-state index in [1.807, 2.05) is 18.2 Å². The molecule has 2 aliphatic rings. The summed E-state index contributed by atoms with van der Waals surface area (Å²) in [5.74, 6) is 0. The van der Waals surface area contributed by atoms with E-state index in [1.54, 1.807) is 6.20 Å². The molecule has 0 aromatic heterocycles. The second kappa shape index (κ2) is 13.5. The summed E-state index contributed by atoms with van der Waals surface area (Å²) in [4.78, 5) is 0. The third kappa shape index (κ3) is 25.1. The van der Waals surface area contributed by atoms with Crippen LogP contribution in [0.2, 0.25) is 0 Å². The van der Waals surface area contributed by atoms with Crippen LogP contribution in [0.5, 0.6) is 0 Å². The second-order valence-electron chi connectivity index (χ2n) is 3.30. The van der Waals surface area contributed by atoms with Gasteiger partial charge in [0, 0.05) is 0 Å². The van der Waals surface area contributed by atoms with E-state index in [2.05, 4.69) is 10.6 Å². The first kappa shape index (κ1) is 20.4. The van der Waals surface area contributed by atoms with Crippen LogP contribution in [0.1, 0.15) is 19.3 Å². The predicted octanol–water partition coefficient (Wildman–Crippen LogP) is 0.125. The van der Waals surface area contributed by atoms with Crippen molar-refractivity contribution in [1.29, 1.82) is 0 Å². The van der Waals surface area contributed by atoms with E-state index in [9.17, 15) is 0 Å². The minimum atomic E-state index is -4.19. The predicted molar refractivity (Wildman–Crippen MR) is 60.1 cm³/mol. The summed E-state index contributed by atoms with van der Waals surface area (Å²) >= 11 is 0. The van der Waals surface area contributed by atoms with Crippen molar-refractivity contribution in [2.24, 2.45) is 0 Å². The average molecular weight is 375 g/mol. The van der Waals surface area contributed by atoms with Crippen LogP contribution >= 0.6 is 0 Å². The Bertz CT molecular complexity index is 201. The zero-order chi connectivity index (χ0) is 13.0.